The molecule has 26 heavy (non-hydrogen) atoms. The summed E-state index contributed by atoms with van der Waals surface area (Å²) in [4.78, 5) is 23.7. The Labute approximate surface area is 160 Å². The van der Waals surface area contributed by atoms with Crippen LogP contribution in [0.2, 0.25) is 5.02 Å². The van der Waals surface area contributed by atoms with E-state index in [4.69, 9.17) is 23.8 Å². The number of nitrogens with one attached hydrogen (secondary N) is 4. The molecule has 0 heterocycles. The van der Waals surface area contributed by atoms with Gasteiger partial charge in [-0.15, -0.1) is 0 Å². The summed E-state index contributed by atoms with van der Waals surface area (Å²) in [7, 11) is 0. The maximum absolute atomic E-state index is 12.8. The van der Waals surface area contributed by atoms with Gasteiger partial charge in [0, 0.05) is 6.54 Å². The van der Waals surface area contributed by atoms with E-state index in [1.165, 1.54) is 12.1 Å². The topological polar surface area (TPSA) is 82.3 Å². The third-order valence-electron chi connectivity index (χ3n) is 3.21. The predicted octanol–water partition coefficient (Wildman–Crippen LogP) is 1.90. The molecule has 6 nitrogen and oxygen atoms in total. The zero-order valence-corrected chi connectivity index (χ0v) is 15.1. The van der Waals surface area contributed by atoms with Crippen LogP contribution in [-0.4, -0.2) is 23.5 Å². The van der Waals surface area contributed by atoms with Crippen molar-refractivity contribution < 1.29 is 14.0 Å². The van der Waals surface area contributed by atoms with Crippen LogP contribution >= 0.6 is 23.8 Å². The summed E-state index contributed by atoms with van der Waals surface area (Å²) in [5, 5.41) is 5.78. The van der Waals surface area contributed by atoms with E-state index in [2.05, 4.69) is 21.5 Å². The van der Waals surface area contributed by atoms with E-state index in [-0.39, 0.29) is 23.0 Å². The molecule has 0 aliphatic heterocycles. The molecule has 0 saturated heterocycles. The van der Waals surface area contributed by atoms with Gasteiger partial charge in [-0.05, 0) is 42.0 Å². The number of amides is 2. The minimum Gasteiger partial charge on any atom is -0.357 e. The number of carbonyl (C=O) groups is 2. The number of carbonyl (C=O) groups excluding carboxylic acids is 2. The van der Waals surface area contributed by atoms with Crippen molar-refractivity contribution in [1.82, 2.24) is 21.5 Å². The Hall–Kier alpha value is -2.71. The summed E-state index contributed by atoms with van der Waals surface area (Å²) >= 11 is 10.9. The molecular weight excluding hydrogens is 379 g/mol. The van der Waals surface area contributed by atoms with Gasteiger partial charge in [-0.3, -0.25) is 20.4 Å². The molecule has 0 aromatic heterocycles. The quantitative estimate of drug-likeness (QED) is 0.460. The third-order valence-corrected chi connectivity index (χ3v) is 3.79. The van der Waals surface area contributed by atoms with Crippen molar-refractivity contribution in [2.75, 3.05) is 6.54 Å². The zero-order valence-electron chi connectivity index (χ0n) is 13.5. The first-order chi connectivity index (χ1) is 12.5. The molecule has 0 aliphatic carbocycles. The summed E-state index contributed by atoms with van der Waals surface area (Å²) in [5.74, 6) is -1.26. The molecule has 0 radical (unpaired) electrons. The summed E-state index contributed by atoms with van der Waals surface area (Å²) in [5.41, 5.74) is 5.97. The molecular formula is C17H16ClFN4O2S. The largest absolute Gasteiger partial charge is 0.357 e. The van der Waals surface area contributed by atoms with Crippen LogP contribution in [0, 0.1) is 5.82 Å². The Morgan fingerprint density at radius 3 is 2.38 bits per heavy atom. The molecule has 2 aromatic rings. The number of benzene rings is 2. The third kappa shape index (κ3) is 6.30. The Kier molecular flexibility index (Phi) is 7.31. The lowest BCUT2D eigenvalue weighted by atomic mass is 10.2. The van der Waals surface area contributed by atoms with Gasteiger partial charge in [-0.2, -0.15) is 0 Å². The van der Waals surface area contributed by atoms with Gasteiger partial charge in [-0.1, -0.05) is 35.9 Å². The van der Waals surface area contributed by atoms with Crippen LogP contribution < -0.4 is 21.5 Å². The van der Waals surface area contributed by atoms with E-state index in [1.807, 2.05) is 0 Å². The van der Waals surface area contributed by atoms with E-state index in [0.717, 1.165) is 5.56 Å². The second-order valence-corrected chi connectivity index (χ2v) is 5.96. The first kappa shape index (κ1) is 19.6. The van der Waals surface area contributed by atoms with Crippen LogP contribution in [0.3, 0.4) is 0 Å². The fourth-order valence-electron chi connectivity index (χ4n) is 1.90. The molecule has 136 valence electrons. The summed E-state index contributed by atoms with van der Waals surface area (Å²) in [6, 6.07) is 12.4. The molecule has 0 fully saturated rings. The van der Waals surface area contributed by atoms with Crippen molar-refractivity contribution >= 4 is 40.7 Å². The van der Waals surface area contributed by atoms with Crippen LogP contribution in [0.25, 0.3) is 0 Å². The average molecular weight is 395 g/mol. The lowest BCUT2D eigenvalue weighted by molar-refractivity contribution is -0.120. The average Bonchev–Trinajstić information content (AvgIpc) is 2.64. The Morgan fingerprint density at radius 2 is 1.69 bits per heavy atom. The molecule has 9 heteroatoms. The highest BCUT2D eigenvalue weighted by Crippen LogP contribution is 2.14. The van der Waals surface area contributed by atoms with E-state index in [0.29, 0.717) is 11.6 Å². The van der Waals surface area contributed by atoms with E-state index >= 15 is 0 Å². The van der Waals surface area contributed by atoms with E-state index in [1.54, 1.807) is 36.4 Å². The molecule has 4 N–H and O–H groups in total. The number of hydrogen-bond donors (Lipinski definition) is 4. The maximum Gasteiger partial charge on any atom is 0.257 e. The molecule has 0 bridgehead atoms. The monoisotopic (exact) mass is 394 g/mol. The molecule has 2 amide bonds. The normalized spacial score (nSPS) is 9.92. The van der Waals surface area contributed by atoms with Crippen LogP contribution in [0.4, 0.5) is 4.39 Å². The lowest BCUT2D eigenvalue weighted by Crippen LogP contribution is -2.49. The maximum atomic E-state index is 12.8. The molecule has 0 saturated carbocycles. The highest BCUT2D eigenvalue weighted by atomic mass is 35.5. The Balaban J connectivity index is 1.68. The predicted molar refractivity (Wildman–Crippen MR) is 101 cm³/mol. The van der Waals surface area contributed by atoms with Gasteiger partial charge in [0.25, 0.3) is 11.8 Å². The van der Waals surface area contributed by atoms with Gasteiger partial charge in [0.1, 0.15) is 5.82 Å². The first-order valence-electron chi connectivity index (χ1n) is 7.55. The highest BCUT2D eigenvalue weighted by molar-refractivity contribution is 7.80. The molecule has 0 aliphatic rings. The van der Waals surface area contributed by atoms with Crippen LogP contribution in [-0.2, 0) is 11.3 Å². The van der Waals surface area contributed by atoms with Gasteiger partial charge in [0.15, 0.2) is 5.11 Å². The number of halogens is 2. The van der Waals surface area contributed by atoms with Crippen molar-refractivity contribution in [3.63, 3.8) is 0 Å². The first-order valence-corrected chi connectivity index (χ1v) is 8.34. The number of rotatable bonds is 5. The van der Waals surface area contributed by atoms with Gasteiger partial charge in [0.05, 0.1) is 17.1 Å². The summed E-state index contributed by atoms with van der Waals surface area (Å²) < 4.78 is 12.8. The second-order valence-electron chi connectivity index (χ2n) is 5.14. The molecule has 2 rings (SSSR count). The van der Waals surface area contributed by atoms with Crippen molar-refractivity contribution in [3.8, 4) is 0 Å². The fourth-order valence-corrected chi connectivity index (χ4v) is 2.25. The minimum absolute atomic E-state index is 0.181. The summed E-state index contributed by atoms with van der Waals surface area (Å²) in [6.45, 7) is 0.114. The Morgan fingerprint density at radius 1 is 1.00 bits per heavy atom. The van der Waals surface area contributed by atoms with E-state index < -0.39 is 11.8 Å². The minimum atomic E-state index is -0.490. The van der Waals surface area contributed by atoms with Gasteiger partial charge < -0.3 is 10.6 Å². The highest BCUT2D eigenvalue weighted by Gasteiger charge is 2.11. The smallest absolute Gasteiger partial charge is 0.257 e. The Bertz CT molecular complexity index is 802. The van der Waals surface area contributed by atoms with Crippen LogP contribution in [0.5, 0.6) is 0 Å². The van der Waals surface area contributed by atoms with Crippen molar-refractivity contribution in [2.24, 2.45) is 0 Å². The van der Waals surface area contributed by atoms with Crippen molar-refractivity contribution in [1.29, 1.82) is 0 Å². The summed E-state index contributed by atoms with van der Waals surface area (Å²) in [6.07, 6.45) is 0. The van der Waals surface area contributed by atoms with Crippen molar-refractivity contribution in [3.05, 3.63) is 70.5 Å². The fraction of sp³-hybridized carbons (Fsp3) is 0.118. The number of hydrazine groups is 1. The van der Waals surface area contributed by atoms with Crippen molar-refractivity contribution in [2.45, 2.75) is 6.54 Å². The van der Waals surface area contributed by atoms with Gasteiger partial charge >= 0.3 is 0 Å². The molecule has 0 atom stereocenters. The lowest BCUT2D eigenvalue weighted by Gasteiger charge is -2.12. The molecule has 2 aromatic carbocycles. The SMILES string of the molecule is O=C(CNC(=O)c1ccccc1Cl)NNC(=S)NCc1ccc(F)cc1. The standard InChI is InChI=1S/C17H16ClFN4O2S/c18-14-4-2-1-3-13(14)16(25)20-10-15(24)22-23-17(26)21-9-11-5-7-12(19)8-6-11/h1-8H,9-10H2,(H,20,25)(H,22,24)(H2,21,23,26). The molecule has 0 spiro atoms. The van der Waals surface area contributed by atoms with Gasteiger partial charge in [-0.25, -0.2) is 4.39 Å². The van der Waals surface area contributed by atoms with E-state index in [9.17, 15) is 14.0 Å². The van der Waals surface area contributed by atoms with Crippen LogP contribution in [0.1, 0.15) is 15.9 Å². The second kappa shape index (κ2) is 9.69. The zero-order chi connectivity index (χ0) is 18.9. The molecule has 0 unspecified atom stereocenters. The number of hydrogen-bond acceptors (Lipinski definition) is 3. The van der Waals surface area contributed by atoms with Gasteiger partial charge in [0.2, 0.25) is 0 Å². The van der Waals surface area contributed by atoms with Crippen LogP contribution in [0.15, 0.2) is 48.5 Å². The number of thiocarbonyl (C=S) groups is 1.